The van der Waals surface area contributed by atoms with Gasteiger partial charge in [-0.2, -0.15) is 0 Å². The topological polar surface area (TPSA) is 78.6 Å². The van der Waals surface area contributed by atoms with Gasteiger partial charge in [0.1, 0.15) is 5.75 Å². The van der Waals surface area contributed by atoms with Crippen molar-refractivity contribution >= 4 is 42.1 Å². The van der Waals surface area contributed by atoms with Gasteiger partial charge in [0.2, 0.25) is 0 Å². The fourth-order valence-corrected chi connectivity index (χ4v) is 2.96. The van der Waals surface area contributed by atoms with E-state index in [9.17, 15) is 15.2 Å². The van der Waals surface area contributed by atoms with Crippen LogP contribution in [0.5, 0.6) is 5.75 Å². The number of nitro benzene ring substituents is 1. The Labute approximate surface area is 158 Å². The Balaban J connectivity index is 0.00000264. The molecule has 1 heterocycles. The number of aromatic hydroxyl groups is 1. The zero-order valence-corrected chi connectivity index (χ0v) is 15.7. The molecule has 9 heteroatoms. The minimum atomic E-state index is -0.473. The van der Waals surface area contributed by atoms with Crippen LogP contribution in [0.2, 0.25) is 5.02 Å². The average molecular weight is 399 g/mol. The largest absolute Gasteiger partial charge is 0.506 e. The van der Waals surface area contributed by atoms with E-state index < -0.39 is 4.92 Å². The van der Waals surface area contributed by atoms with Gasteiger partial charge in [-0.1, -0.05) is 17.2 Å². The number of rotatable bonds is 5. The summed E-state index contributed by atoms with van der Waals surface area (Å²) in [7, 11) is 0. The Hall–Kier alpha value is -1.05. The highest BCUT2D eigenvalue weighted by Crippen LogP contribution is 2.42. The van der Waals surface area contributed by atoms with Crippen molar-refractivity contribution in [3.05, 3.63) is 45.0 Å². The van der Waals surface area contributed by atoms with Gasteiger partial charge in [0.15, 0.2) is 0 Å². The number of nitro groups is 1. The predicted molar refractivity (Wildman–Crippen MR) is 101 cm³/mol. The molecule has 1 aliphatic rings. The van der Waals surface area contributed by atoms with E-state index in [1.807, 2.05) is 6.92 Å². The molecule has 0 saturated carbocycles. The van der Waals surface area contributed by atoms with Crippen molar-refractivity contribution < 1.29 is 10.0 Å². The molecule has 1 atom stereocenters. The van der Waals surface area contributed by atoms with Crippen LogP contribution in [-0.2, 0) is 0 Å². The van der Waals surface area contributed by atoms with Gasteiger partial charge in [0, 0.05) is 38.3 Å². The number of phenols is 1. The normalized spacial score (nSPS) is 15.8. The molecule has 0 aliphatic carbocycles. The van der Waals surface area contributed by atoms with Crippen LogP contribution in [0.25, 0.3) is 0 Å². The second kappa shape index (κ2) is 10.1. The lowest BCUT2D eigenvalue weighted by molar-refractivity contribution is -0.386. The molecule has 1 fully saturated rings. The molecule has 1 aromatic carbocycles. The van der Waals surface area contributed by atoms with Crippen molar-refractivity contribution in [1.29, 1.82) is 0 Å². The van der Waals surface area contributed by atoms with Crippen molar-refractivity contribution in [2.24, 2.45) is 0 Å². The van der Waals surface area contributed by atoms with Crippen molar-refractivity contribution in [3.63, 3.8) is 0 Å². The number of hydrogen-bond acceptors (Lipinski definition) is 5. The summed E-state index contributed by atoms with van der Waals surface area (Å²) in [5.41, 5.74) is 1.08. The second-order valence-electron chi connectivity index (χ2n) is 5.55. The zero-order chi connectivity index (χ0) is 16.3. The van der Waals surface area contributed by atoms with Gasteiger partial charge in [0.25, 0.3) is 5.69 Å². The van der Waals surface area contributed by atoms with Gasteiger partial charge in [-0.05, 0) is 19.4 Å². The molecule has 1 saturated heterocycles. The van der Waals surface area contributed by atoms with Gasteiger partial charge >= 0.3 is 0 Å². The molecule has 0 spiro atoms. The van der Waals surface area contributed by atoms with Crippen molar-refractivity contribution in [2.75, 3.05) is 26.2 Å². The maximum Gasteiger partial charge on any atom is 0.278 e. The van der Waals surface area contributed by atoms with Crippen LogP contribution >= 0.6 is 36.4 Å². The summed E-state index contributed by atoms with van der Waals surface area (Å²) in [4.78, 5) is 13.0. The third-order valence-electron chi connectivity index (χ3n) is 3.81. The maximum atomic E-state index is 11.4. The van der Waals surface area contributed by atoms with E-state index in [0.717, 1.165) is 31.8 Å². The molecule has 136 valence electrons. The SMILES string of the molecule is C=C(C)C[C@H](c1c([N+](=O)[O-])ccc(Cl)c1O)N1CCNCC1.Cl.Cl. The molecule has 0 bridgehead atoms. The number of hydrogen-bond donors (Lipinski definition) is 2. The third-order valence-corrected chi connectivity index (χ3v) is 4.11. The Morgan fingerprint density at radius 1 is 1.46 bits per heavy atom. The number of piperazine rings is 1. The van der Waals surface area contributed by atoms with E-state index in [1.54, 1.807) is 0 Å². The molecule has 2 rings (SSSR count). The average Bonchev–Trinajstić information content (AvgIpc) is 2.48. The van der Waals surface area contributed by atoms with E-state index in [0.29, 0.717) is 6.42 Å². The summed E-state index contributed by atoms with van der Waals surface area (Å²) in [6, 6.07) is 2.40. The Morgan fingerprint density at radius 2 is 2.04 bits per heavy atom. The first-order chi connectivity index (χ1) is 10.4. The molecule has 0 aromatic heterocycles. The van der Waals surface area contributed by atoms with Gasteiger partial charge < -0.3 is 10.4 Å². The standard InChI is InChI=1S/C15H20ClN3O3.2ClH/c1-10(2)9-13(18-7-5-17-6-8-18)14-12(19(21)22)4-3-11(16)15(14)20;;/h3-4,13,17,20H,1,5-9H2,2H3;2*1H/t13-;;/m1../s1. The van der Waals surface area contributed by atoms with E-state index in [-0.39, 0.29) is 52.9 Å². The van der Waals surface area contributed by atoms with E-state index in [1.165, 1.54) is 12.1 Å². The third kappa shape index (κ3) is 5.22. The maximum absolute atomic E-state index is 11.4. The molecule has 0 amide bonds. The molecule has 2 N–H and O–H groups in total. The van der Waals surface area contributed by atoms with Gasteiger partial charge in [-0.15, -0.1) is 31.4 Å². The second-order valence-corrected chi connectivity index (χ2v) is 5.96. The number of halogens is 3. The van der Waals surface area contributed by atoms with E-state index in [4.69, 9.17) is 11.6 Å². The first-order valence-electron chi connectivity index (χ1n) is 7.16. The van der Waals surface area contributed by atoms with Crippen LogP contribution in [-0.4, -0.2) is 41.1 Å². The zero-order valence-electron chi connectivity index (χ0n) is 13.3. The molecule has 6 nitrogen and oxygen atoms in total. The smallest absolute Gasteiger partial charge is 0.278 e. The summed E-state index contributed by atoms with van der Waals surface area (Å²) in [6.07, 6.45) is 0.536. The Kier molecular flexibility index (Phi) is 9.62. The van der Waals surface area contributed by atoms with E-state index >= 15 is 0 Å². The fraction of sp³-hybridized carbons (Fsp3) is 0.467. The van der Waals surface area contributed by atoms with Crippen LogP contribution in [0, 0.1) is 10.1 Å². The highest BCUT2D eigenvalue weighted by atomic mass is 35.5. The quantitative estimate of drug-likeness (QED) is 0.449. The monoisotopic (exact) mass is 397 g/mol. The van der Waals surface area contributed by atoms with Crippen LogP contribution in [0.4, 0.5) is 5.69 Å². The number of nitrogens with one attached hydrogen (secondary N) is 1. The molecule has 0 radical (unpaired) electrons. The fourth-order valence-electron chi connectivity index (χ4n) is 2.80. The summed E-state index contributed by atoms with van der Waals surface area (Å²) in [5.74, 6) is -0.208. The number of nitrogens with zero attached hydrogens (tertiary/aromatic N) is 2. The van der Waals surface area contributed by atoms with Gasteiger partial charge in [-0.3, -0.25) is 15.0 Å². The first-order valence-corrected chi connectivity index (χ1v) is 7.54. The summed E-state index contributed by atoms with van der Waals surface area (Å²) < 4.78 is 0. The van der Waals surface area contributed by atoms with Crippen molar-refractivity contribution in [1.82, 2.24) is 10.2 Å². The van der Waals surface area contributed by atoms with Crippen LogP contribution in [0.15, 0.2) is 24.3 Å². The first kappa shape index (κ1) is 22.9. The highest BCUT2D eigenvalue weighted by molar-refractivity contribution is 6.32. The lowest BCUT2D eigenvalue weighted by Gasteiger charge is -2.35. The van der Waals surface area contributed by atoms with E-state index in [2.05, 4.69) is 16.8 Å². The summed E-state index contributed by atoms with van der Waals surface area (Å²) in [6.45, 7) is 8.91. The number of phenolic OH excluding ortho intramolecular Hbond substituents is 1. The van der Waals surface area contributed by atoms with Crippen molar-refractivity contribution in [2.45, 2.75) is 19.4 Å². The lowest BCUT2D eigenvalue weighted by Crippen LogP contribution is -2.45. The molecule has 1 aromatic rings. The van der Waals surface area contributed by atoms with Crippen LogP contribution < -0.4 is 5.32 Å². The summed E-state index contributed by atoms with van der Waals surface area (Å²) in [5, 5.41) is 25.1. The minimum Gasteiger partial charge on any atom is -0.506 e. The van der Waals surface area contributed by atoms with Crippen molar-refractivity contribution in [3.8, 4) is 5.75 Å². The molecular weight excluding hydrogens is 377 g/mol. The molecule has 1 aliphatic heterocycles. The Morgan fingerprint density at radius 3 is 2.54 bits per heavy atom. The summed E-state index contributed by atoms with van der Waals surface area (Å²) >= 11 is 5.98. The molecular formula is C15H22Cl3N3O3. The molecule has 0 unspecified atom stereocenters. The minimum absolute atomic E-state index is 0. The number of benzene rings is 1. The molecule has 24 heavy (non-hydrogen) atoms. The Bertz CT molecular complexity index is 593. The van der Waals surface area contributed by atoms with Gasteiger partial charge in [-0.25, -0.2) is 0 Å². The predicted octanol–water partition coefficient (Wildman–Crippen LogP) is 3.71. The highest BCUT2D eigenvalue weighted by Gasteiger charge is 2.32. The van der Waals surface area contributed by atoms with Gasteiger partial charge in [0.05, 0.1) is 15.5 Å². The van der Waals surface area contributed by atoms with Crippen LogP contribution in [0.1, 0.15) is 24.9 Å². The van der Waals surface area contributed by atoms with Crippen LogP contribution in [0.3, 0.4) is 0 Å². The lowest BCUT2D eigenvalue weighted by atomic mass is 9.95.